The molecule has 11 heavy (non-hydrogen) atoms. The fourth-order valence-corrected chi connectivity index (χ4v) is 1.78. The maximum Gasteiger partial charge on any atom is 0.113 e. The van der Waals surface area contributed by atoms with E-state index in [2.05, 4.69) is 5.32 Å². The molecule has 3 N–H and O–H groups in total. The lowest BCUT2D eigenvalue weighted by molar-refractivity contribution is -0.0141. The van der Waals surface area contributed by atoms with Crippen LogP contribution < -0.4 is 11.1 Å². The fourth-order valence-electron chi connectivity index (χ4n) is 1.78. The number of rotatable bonds is 3. The highest BCUT2D eigenvalue weighted by Crippen LogP contribution is 2.69. The van der Waals surface area contributed by atoms with Gasteiger partial charge in [0.05, 0.1) is 0 Å². The van der Waals surface area contributed by atoms with Crippen LogP contribution >= 0.6 is 0 Å². The van der Waals surface area contributed by atoms with Crippen LogP contribution in [0.25, 0.3) is 0 Å². The van der Waals surface area contributed by atoms with Gasteiger partial charge in [-0.05, 0) is 26.7 Å². The van der Waals surface area contributed by atoms with Gasteiger partial charge in [0.15, 0.2) is 0 Å². The Bertz CT molecular complexity index is 192. The lowest BCUT2D eigenvalue weighted by Gasteiger charge is -2.26. The molecule has 0 amide bonds. The second-order valence-electron chi connectivity index (χ2n) is 4.43. The monoisotopic (exact) mass is 156 g/mol. The van der Waals surface area contributed by atoms with Crippen LogP contribution in [0.1, 0.15) is 26.7 Å². The first kappa shape index (κ1) is 7.53. The van der Waals surface area contributed by atoms with E-state index in [0.717, 1.165) is 12.8 Å². The summed E-state index contributed by atoms with van der Waals surface area (Å²) in [5, 5.41) is 3.42. The maximum absolute atomic E-state index is 5.92. The minimum Gasteiger partial charge on any atom is -0.364 e. The van der Waals surface area contributed by atoms with E-state index in [1.54, 1.807) is 7.11 Å². The summed E-state index contributed by atoms with van der Waals surface area (Å²) < 4.78 is 5.26. The van der Waals surface area contributed by atoms with Crippen LogP contribution in [0.5, 0.6) is 0 Å². The van der Waals surface area contributed by atoms with Crippen LogP contribution in [0.3, 0.4) is 0 Å². The molecule has 0 saturated heterocycles. The minimum absolute atomic E-state index is 0.128. The first-order valence-corrected chi connectivity index (χ1v) is 4.07. The zero-order chi connectivity index (χ0) is 8.33. The summed E-state index contributed by atoms with van der Waals surface area (Å²) in [6, 6.07) is 0. The van der Waals surface area contributed by atoms with E-state index in [0.29, 0.717) is 0 Å². The van der Waals surface area contributed by atoms with Crippen molar-refractivity contribution in [2.45, 2.75) is 43.5 Å². The molecule has 0 atom stereocenters. The highest BCUT2D eigenvalue weighted by molar-refractivity contribution is 5.44. The average molecular weight is 156 g/mol. The molecule has 0 bridgehead atoms. The number of nitrogens with one attached hydrogen (secondary N) is 1. The largest absolute Gasteiger partial charge is 0.364 e. The van der Waals surface area contributed by atoms with Crippen molar-refractivity contribution < 1.29 is 4.74 Å². The normalized spacial score (nSPS) is 46.9. The molecule has 0 heterocycles. The standard InChI is InChI=1S/C8H16N2O/c1-6(2,11-3)10-8-4-7(8,9)5-8/h10H,4-5,9H2,1-3H3. The van der Waals surface area contributed by atoms with Crippen molar-refractivity contribution in [2.75, 3.05) is 7.11 Å². The highest BCUT2D eigenvalue weighted by atomic mass is 16.5. The summed E-state index contributed by atoms with van der Waals surface area (Å²) in [5.41, 5.74) is 6.06. The molecule has 2 fully saturated rings. The van der Waals surface area contributed by atoms with Crippen molar-refractivity contribution >= 4 is 0 Å². The Hall–Kier alpha value is -0.120. The third-order valence-electron chi connectivity index (χ3n) is 2.99. The van der Waals surface area contributed by atoms with Crippen molar-refractivity contribution in [2.24, 2.45) is 5.73 Å². The van der Waals surface area contributed by atoms with Crippen molar-refractivity contribution in [3.8, 4) is 0 Å². The average Bonchev–Trinajstić information content (AvgIpc) is 2.51. The van der Waals surface area contributed by atoms with Crippen LogP contribution in [0, 0.1) is 0 Å². The molecule has 64 valence electrons. The Morgan fingerprint density at radius 3 is 2.18 bits per heavy atom. The summed E-state index contributed by atoms with van der Waals surface area (Å²) >= 11 is 0. The Labute approximate surface area is 67.3 Å². The van der Waals surface area contributed by atoms with Gasteiger partial charge in [0, 0.05) is 18.2 Å². The topological polar surface area (TPSA) is 47.3 Å². The first-order chi connectivity index (χ1) is 4.93. The molecule has 0 spiro atoms. The molecule has 2 rings (SSSR count). The Balaban J connectivity index is 1.93. The minimum atomic E-state index is -0.225. The number of fused-ring (bicyclic) bond motifs is 1. The van der Waals surface area contributed by atoms with Gasteiger partial charge in [-0.1, -0.05) is 0 Å². The summed E-state index contributed by atoms with van der Waals surface area (Å²) in [6.07, 6.45) is 2.24. The molecule has 2 saturated carbocycles. The molecule has 0 aromatic heterocycles. The molecule has 2 aliphatic carbocycles. The van der Waals surface area contributed by atoms with Crippen LogP contribution in [-0.2, 0) is 4.74 Å². The zero-order valence-corrected chi connectivity index (χ0v) is 7.40. The fraction of sp³-hybridized carbons (Fsp3) is 1.00. The predicted octanol–water partition coefficient (Wildman–Crippen LogP) is 0.202. The van der Waals surface area contributed by atoms with E-state index < -0.39 is 0 Å². The molecule has 0 aromatic carbocycles. The smallest absolute Gasteiger partial charge is 0.113 e. The summed E-state index contributed by atoms with van der Waals surface area (Å²) in [4.78, 5) is 0. The van der Waals surface area contributed by atoms with Gasteiger partial charge in [-0.15, -0.1) is 0 Å². The molecule has 2 aliphatic rings. The van der Waals surface area contributed by atoms with E-state index in [1.165, 1.54) is 0 Å². The second kappa shape index (κ2) is 1.63. The molecule has 3 nitrogen and oxygen atoms in total. The highest BCUT2D eigenvalue weighted by Gasteiger charge is 2.82. The van der Waals surface area contributed by atoms with Gasteiger partial charge in [-0.3, -0.25) is 5.32 Å². The SMILES string of the molecule is COC(C)(C)NC12CC1(N)C2. The van der Waals surface area contributed by atoms with Crippen LogP contribution in [0.15, 0.2) is 0 Å². The molecular formula is C8H16N2O. The lowest BCUT2D eigenvalue weighted by Crippen LogP contribution is -2.45. The first-order valence-electron chi connectivity index (χ1n) is 4.07. The molecule has 0 aliphatic heterocycles. The Morgan fingerprint density at radius 2 is 1.91 bits per heavy atom. The number of ether oxygens (including phenoxy) is 1. The van der Waals surface area contributed by atoms with E-state index >= 15 is 0 Å². The summed E-state index contributed by atoms with van der Waals surface area (Å²) in [5.74, 6) is 0. The van der Waals surface area contributed by atoms with Crippen LogP contribution in [0.2, 0.25) is 0 Å². The molecule has 3 heteroatoms. The second-order valence-corrected chi connectivity index (χ2v) is 4.43. The van der Waals surface area contributed by atoms with E-state index in [4.69, 9.17) is 10.5 Å². The van der Waals surface area contributed by atoms with Gasteiger partial charge < -0.3 is 10.5 Å². The van der Waals surface area contributed by atoms with Crippen LogP contribution in [0.4, 0.5) is 0 Å². The van der Waals surface area contributed by atoms with Crippen molar-refractivity contribution in [3.05, 3.63) is 0 Å². The quantitative estimate of drug-likeness (QED) is 0.574. The van der Waals surface area contributed by atoms with Gasteiger partial charge in [0.25, 0.3) is 0 Å². The third-order valence-corrected chi connectivity index (χ3v) is 2.99. The maximum atomic E-state index is 5.92. The van der Waals surface area contributed by atoms with Gasteiger partial charge in [-0.25, -0.2) is 0 Å². The van der Waals surface area contributed by atoms with Crippen LogP contribution in [-0.4, -0.2) is 23.9 Å². The Kier molecular flexibility index (Phi) is 1.11. The van der Waals surface area contributed by atoms with Crippen molar-refractivity contribution in [3.63, 3.8) is 0 Å². The Morgan fingerprint density at radius 1 is 1.45 bits per heavy atom. The molecular weight excluding hydrogens is 140 g/mol. The third kappa shape index (κ3) is 0.916. The number of hydrogen-bond donors (Lipinski definition) is 2. The zero-order valence-electron chi connectivity index (χ0n) is 7.40. The van der Waals surface area contributed by atoms with E-state index in [9.17, 15) is 0 Å². The number of methoxy groups -OCH3 is 1. The molecule has 0 radical (unpaired) electrons. The van der Waals surface area contributed by atoms with E-state index in [-0.39, 0.29) is 16.8 Å². The summed E-state index contributed by atoms with van der Waals surface area (Å²) in [7, 11) is 1.71. The lowest BCUT2D eigenvalue weighted by atomic mass is 10.2. The van der Waals surface area contributed by atoms with E-state index in [1.807, 2.05) is 13.8 Å². The van der Waals surface area contributed by atoms with Crippen molar-refractivity contribution in [1.82, 2.24) is 5.32 Å². The van der Waals surface area contributed by atoms with Gasteiger partial charge in [0.2, 0.25) is 0 Å². The van der Waals surface area contributed by atoms with Gasteiger partial charge in [-0.2, -0.15) is 0 Å². The predicted molar refractivity (Wildman–Crippen MR) is 43.1 cm³/mol. The summed E-state index contributed by atoms with van der Waals surface area (Å²) in [6.45, 7) is 4.05. The van der Waals surface area contributed by atoms with Gasteiger partial charge in [0.1, 0.15) is 5.72 Å². The van der Waals surface area contributed by atoms with Crippen molar-refractivity contribution in [1.29, 1.82) is 0 Å². The molecule has 0 aromatic rings. The molecule has 0 unspecified atom stereocenters. The number of nitrogens with two attached hydrogens (primary N) is 1. The van der Waals surface area contributed by atoms with Gasteiger partial charge >= 0.3 is 0 Å². The number of hydrogen-bond acceptors (Lipinski definition) is 3.